The van der Waals surface area contributed by atoms with E-state index in [1.807, 2.05) is 6.07 Å². The molecule has 0 saturated carbocycles. The Kier molecular flexibility index (Phi) is 6.46. The van der Waals surface area contributed by atoms with Gasteiger partial charge in [-0.3, -0.25) is 9.59 Å². The molecule has 0 aliphatic carbocycles. The normalized spacial score (nSPS) is 11.0. The van der Waals surface area contributed by atoms with Crippen molar-refractivity contribution < 1.29 is 22.7 Å². The minimum atomic E-state index is -4.82. The summed E-state index contributed by atoms with van der Waals surface area (Å²) in [5.41, 5.74) is 1.48. The molecule has 2 aromatic rings. The number of rotatable bonds is 6. The van der Waals surface area contributed by atoms with Crippen molar-refractivity contribution in [2.45, 2.75) is 39.6 Å². The third-order valence-electron chi connectivity index (χ3n) is 4.20. The van der Waals surface area contributed by atoms with Crippen LogP contribution in [0.1, 0.15) is 34.4 Å². The second-order valence-corrected chi connectivity index (χ2v) is 6.10. The van der Waals surface area contributed by atoms with E-state index in [4.69, 9.17) is 5.26 Å². The van der Waals surface area contributed by atoms with Gasteiger partial charge in [0.2, 0.25) is 5.91 Å². The Hall–Kier alpha value is -3.28. The molecule has 2 rings (SSSR count). The Balaban J connectivity index is 2.02. The van der Waals surface area contributed by atoms with E-state index in [0.717, 1.165) is 0 Å². The predicted octanol–water partition coefficient (Wildman–Crippen LogP) is 3.01. The second-order valence-electron chi connectivity index (χ2n) is 6.10. The summed E-state index contributed by atoms with van der Waals surface area (Å²) in [4.78, 5) is 26.4. The number of aromatic amines is 1. The van der Waals surface area contributed by atoms with Gasteiger partial charge in [-0.05, 0) is 37.5 Å². The average molecular weight is 393 g/mol. The van der Waals surface area contributed by atoms with Crippen molar-refractivity contribution >= 4 is 5.91 Å². The molecule has 28 heavy (non-hydrogen) atoms. The van der Waals surface area contributed by atoms with Gasteiger partial charge in [-0.1, -0.05) is 18.2 Å². The van der Waals surface area contributed by atoms with Gasteiger partial charge >= 0.3 is 6.36 Å². The fourth-order valence-corrected chi connectivity index (χ4v) is 2.82. The number of carbonyl (C=O) groups excluding carboxylic acids is 1. The summed E-state index contributed by atoms with van der Waals surface area (Å²) in [6.45, 7) is 3.18. The molecule has 0 bridgehead atoms. The minimum Gasteiger partial charge on any atom is -0.405 e. The van der Waals surface area contributed by atoms with Crippen molar-refractivity contribution in [1.29, 1.82) is 5.26 Å². The minimum absolute atomic E-state index is 0.000708. The Morgan fingerprint density at radius 1 is 1.29 bits per heavy atom. The smallest absolute Gasteiger partial charge is 0.405 e. The Labute approximate surface area is 159 Å². The topological polar surface area (TPSA) is 95.0 Å². The number of para-hydroxylation sites is 1. The summed E-state index contributed by atoms with van der Waals surface area (Å²) in [6.07, 6.45) is -4.51. The number of aromatic nitrogens is 1. The monoisotopic (exact) mass is 393 g/mol. The molecule has 2 N–H and O–H groups in total. The summed E-state index contributed by atoms with van der Waals surface area (Å²) >= 11 is 0. The fraction of sp³-hybridized carbons (Fsp3) is 0.316. The standard InChI is InChI=1S/C19H18F3N3O3/c1-11-14(12(2)25-18(27)15(11)9-23)7-8-17(26)24-10-13-5-3-4-6-16(13)28-19(20,21)22/h3-6H,7-8,10H2,1-2H3,(H,24,26)(H,25,27). The van der Waals surface area contributed by atoms with Crippen LogP contribution in [0, 0.1) is 25.2 Å². The van der Waals surface area contributed by atoms with Crippen molar-refractivity contribution in [3.63, 3.8) is 0 Å². The van der Waals surface area contributed by atoms with Crippen LogP contribution >= 0.6 is 0 Å². The van der Waals surface area contributed by atoms with Crippen LogP contribution in [0.4, 0.5) is 13.2 Å². The van der Waals surface area contributed by atoms with Gasteiger partial charge in [-0.25, -0.2) is 0 Å². The molecule has 0 fully saturated rings. The van der Waals surface area contributed by atoms with Crippen LogP contribution in [0.3, 0.4) is 0 Å². The summed E-state index contributed by atoms with van der Waals surface area (Å²) in [7, 11) is 0. The maximum atomic E-state index is 12.4. The first kappa shape index (κ1) is 21.0. The molecule has 1 aromatic heterocycles. The van der Waals surface area contributed by atoms with Gasteiger partial charge in [0, 0.05) is 24.2 Å². The first-order valence-electron chi connectivity index (χ1n) is 8.35. The van der Waals surface area contributed by atoms with Gasteiger partial charge < -0.3 is 15.0 Å². The number of pyridine rings is 1. The fourth-order valence-electron chi connectivity index (χ4n) is 2.82. The highest BCUT2D eigenvalue weighted by molar-refractivity contribution is 5.76. The number of ether oxygens (including phenoxy) is 1. The lowest BCUT2D eigenvalue weighted by Crippen LogP contribution is -2.25. The van der Waals surface area contributed by atoms with Crippen LogP contribution in [0.25, 0.3) is 0 Å². The van der Waals surface area contributed by atoms with Crippen molar-refractivity contribution in [1.82, 2.24) is 10.3 Å². The van der Waals surface area contributed by atoms with Gasteiger partial charge in [-0.15, -0.1) is 13.2 Å². The summed E-state index contributed by atoms with van der Waals surface area (Å²) in [6, 6.07) is 7.39. The third kappa shape index (κ3) is 5.36. The zero-order chi connectivity index (χ0) is 20.9. The molecular formula is C19H18F3N3O3. The molecule has 1 amide bonds. The maximum absolute atomic E-state index is 12.4. The molecule has 0 radical (unpaired) electrons. The molecule has 1 heterocycles. The molecule has 1 aromatic carbocycles. The van der Waals surface area contributed by atoms with Crippen LogP contribution in [-0.2, 0) is 17.8 Å². The van der Waals surface area contributed by atoms with Crippen molar-refractivity contribution in [2.24, 2.45) is 0 Å². The lowest BCUT2D eigenvalue weighted by Gasteiger charge is -2.14. The molecule has 0 aliphatic heterocycles. The van der Waals surface area contributed by atoms with Gasteiger partial charge in [-0.2, -0.15) is 5.26 Å². The first-order chi connectivity index (χ1) is 13.1. The van der Waals surface area contributed by atoms with E-state index in [1.165, 1.54) is 18.2 Å². The van der Waals surface area contributed by atoms with E-state index in [9.17, 15) is 22.8 Å². The zero-order valence-corrected chi connectivity index (χ0v) is 15.2. The van der Waals surface area contributed by atoms with E-state index >= 15 is 0 Å². The number of nitriles is 1. The maximum Gasteiger partial charge on any atom is 0.573 e. The van der Waals surface area contributed by atoms with Gasteiger partial charge in [0.25, 0.3) is 5.56 Å². The summed E-state index contributed by atoms with van der Waals surface area (Å²) in [5.74, 6) is -0.758. The summed E-state index contributed by atoms with van der Waals surface area (Å²) < 4.78 is 41.3. The number of aryl methyl sites for hydroxylation is 1. The Bertz CT molecular complexity index is 975. The van der Waals surface area contributed by atoms with Crippen LogP contribution in [-0.4, -0.2) is 17.3 Å². The number of H-pyrrole nitrogens is 1. The van der Waals surface area contributed by atoms with E-state index in [1.54, 1.807) is 19.9 Å². The number of carbonyl (C=O) groups is 1. The quantitative estimate of drug-likeness (QED) is 0.789. The number of amides is 1. The third-order valence-corrected chi connectivity index (χ3v) is 4.20. The largest absolute Gasteiger partial charge is 0.573 e. The Morgan fingerprint density at radius 2 is 1.96 bits per heavy atom. The molecule has 0 aliphatic rings. The highest BCUT2D eigenvalue weighted by Gasteiger charge is 2.32. The lowest BCUT2D eigenvalue weighted by molar-refractivity contribution is -0.274. The predicted molar refractivity (Wildman–Crippen MR) is 94.5 cm³/mol. The van der Waals surface area contributed by atoms with Gasteiger partial charge in [0.05, 0.1) is 0 Å². The number of hydrogen-bond acceptors (Lipinski definition) is 4. The Morgan fingerprint density at radius 3 is 2.61 bits per heavy atom. The highest BCUT2D eigenvalue weighted by Crippen LogP contribution is 2.26. The molecule has 6 nitrogen and oxygen atoms in total. The molecule has 148 valence electrons. The SMILES string of the molecule is Cc1[nH]c(=O)c(C#N)c(C)c1CCC(=O)NCc1ccccc1OC(F)(F)F. The highest BCUT2D eigenvalue weighted by atomic mass is 19.4. The van der Waals surface area contributed by atoms with E-state index in [2.05, 4.69) is 15.0 Å². The molecule has 9 heteroatoms. The van der Waals surface area contributed by atoms with Crippen LogP contribution in [0.15, 0.2) is 29.1 Å². The summed E-state index contributed by atoms with van der Waals surface area (Å²) in [5, 5.41) is 11.6. The lowest BCUT2D eigenvalue weighted by atomic mass is 9.99. The second kappa shape index (κ2) is 8.61. The van der Waals surface area contributed by atoms with Crippen LogP contribution in [0.5, 0.6) is 5.75 Å². The van der Waals surface area contributed by atoms with E-state index in [-0.39, 0.29) is 42.2 Å². The van der Waals surface area contributed by atoms with Crippen molar-refractivity contribution in [3.8, 4) is 11.8 Å². The number of nitrogens with one attached hydrogen (secondary N) is 2. The van der Waals surface area contributed by atoms with Gasteiger partial charge in [0.15, 0.2) is 0 Å². The van der Waals surface area contributed by atoms with Crippen LogP contribution in [0.2, 0.25) is 0 Å². The number of nitrogens with zero attached hydrogens (tertiary/aromatic N) is 1. The van der Waals surface area contributed by atoms with Crippen molar-refractivity contribution in [3.05, 3.63) is 62.6 Å². The molecule has 0 unspecified atom stereocenters. The number of halogens is 3. The number of alkyl halides is 3. The molecular weight excluding hydrogens is 375 g/mol. The number of benzene rings is 1. The average Bonchev–Trinajstić information content (AvgIpc) is 2.59. The van der Waals surface area contributed by atoms with E-state index < -0.39 is 11.9 Å². The molecule has 0 saturated heterocycles. The number of hydrogen-bond donors (Lipinski definition) is 2. The van der Waals surface area contributed by atoms with E-state index in [0.29, 0.717) is 16.8 Å². The first-order valence-corrected chi connectivity index (χ1v) is 8.35. The van der Waals surface area contributed by atoms with Gasteiger partial charge in [0.1, 0.15) is 17.4 Å². The van der Waals surface area contributed by atoms with Crippen molar-refractivity contribution in [2.75, 3.05) is 0 Å². The van der Waals surface area contributed by atoms with Crippen LogP contribution < -0.4 is 15.6 Å². The zero-order valence-electron chi connectivity index (χ0n) is 15.2. The molecule has 0 atom stereocenters. The molecule has 0 spiro atoms.